The summed E-state index contributed by atoms with van der Waals surface area (Å²) in [4.78, 5) is 10.8. The fraction of sp³-hybridized carbons (Fsp3) is 0.889. The van der Waals surface area contributed by atoms with Gasteiger partial charge < -0.3 is 14.3 Å². The third-order valence-corrected chi connectivity index (χ3v) is 2.15. The summed E-state index contributed by atoms with van der Waals surface area (Å²) in [5, 5.41) is 0. The number of carbonyl (C=O) groups excluding carboxylic acids is 1. The summed E-state index contributed by atoms with van der Waals surface area (Å²) in [7, 11) is 0. The molecular formula is C9H16O3. The third-order valence-electron chi connectivity index (χ3n) is 2.15. The first-order valence-electron chi connectivity index (χ1n) is 4.51. The van der Waals surface area contributed by atoms with E-state index in [2.05, 4.69) is 0 Å². The van der Waals surface area contributed by atoms with Gasteiger partial charge in [0.15, 0.2) is 6.29 Å². The van der Waals surface area contributed by atoms with Crippen molar-refractivity contribution < 1.29 is 14.3 Å². The third kappa shape index (κ3) is 2.29. The smallest absolute Gasteiger partial charge is 0.152 e. The van der Waals surface area contributed by atoms with E-state index in [9.17, 15) is 4.79 Å². The van der Waals surface area contributed by atoms with Crippen LogP contribution in [-0.2, 0) is 14.3 Å². The molecule has 1 aliphatic heterocycles. The molecule has 1 heterocycles. The lowest BCUT2D eigenvalue weighted by molar-refractivity contribution is -0.145. The highest BCUT2D eigenvalue weighted by atomic mass is 16.5. The van der Waals surface area contributed by atoms with Crippen molar-refractivity contribution in [2.75, 3.05) is 19.8 Å². The predicted molar refractivity (Wildman–Crippen MR) is 45.1 cm³/mol. The van der Waals surface area contributed by atoms with E-state index in [0.717, 1.165) is 12.7 Å². The van der Waals surface area contributed by atoms with Crippen LogP contribution >= 0.6 is 0 Å². The molecule has 70 valence electrons. The van der Waals surface area contributed by atoms with E-state index in [1.165, 1.54) is 0 Å². The molecule has 0 aliphatic carbocycles. The van der Waals surface area contributed by atoms with Gasteiger partial charge in [-0.3, -0.25) is 0 Å². The van der Waals surface area contributed by atoms with Crippen molar-refractivity contribution in [1.29, 1.82) is 0 Å². The molecular weight excluding hydrogens is 156 g/mol. The van der Waals surface area contributed by atoms with Crippen molar-refractivity contribution in [1.82, 2.24) is 0 Å². The van der Waals surface area contributed by atoms with Gasteiger partial charge in [-0.15, -0.1) is 0 Å². The van der Waals surface area contributed by atoms with Crippen LogP contribution in [0.5, 0.6) is 0 Å². The van der Waals surface area contributed by atoms with Gasteiger partial charge >= 0.3 is 0 Å². The maximum Gasteiger partial charge on any atom is 0.152 e. The molecule has 12 heavy (non-hydrogen) atoms. The molecule has 0 N–H and O–H groups in total. The first-order chi connectivity index (χ1) is 5.83. The number of carbonyl (C=O) groups is 1. The molecule has 0 amide bonds. The first kappa shape index (κ1) is 9.68. The Labute approximate surface area is 73.0 Å². The van der Waals surface area contributed by atoms with Crippen LogP contribution in [-0.4, -0.2) is 31.7 Å². The highest BCUT2D eigenvalue weighted by Gasteiger charge is 2.32. The molecule has 0 spiro atoms. The second-order valence-electron chi connectivity index (χ2n) is 3.14. The van der Waals surface area contributed by atoms with Gasteiger partial charge in [-0.05, 0) is 6.42 Å². The summed E-state index contributed by atoms with van der Waals surface area (Å²) in [6, 6.07) is 0. The summed E-state index contributed by atoms with van der Waals surface area (Å²) in [6.45, 7) is 3.99. The molecule has 1 saturated heterocycles. The highest BCUT2D eigenvalue weighted by molar-refractivity contribution is 5.62. The van der Waals surface area contributed by atoms with E-state index in [1.807, 2.05) is 6.92 Å². The summed E-state index contributed by atoms with van der Waals surface area (Å²) in [5.41, 5.74) is -0.533. The molecule has 1 aliphatic rings. The molecule has 0 aromatic carbocycles. The summed E-state index contributed by atoms with van der Waals surface area (Å²) >= 11 is 0. The zero-order chi connectivity index (χ0) is 8.86. The lowest BCUT2D eigenvalue weighted by Gasteiger charge is -2.31. The van der Waals surface area contributed by atoms with E-state index in [4.69, 9.17) is 9.47 Å². The molecule has 0 atom stereocenters. The Kier molecular flexibility index (Phi) is 3.69. The van der Waals surface area contributed by atoms with Crippen LogP contribution in [0.25, 0.3) is 0 Å². The first-order valence-corrected chi connectivity index (χ1v) is 4.51. The largest absolute Gasteiger partial charge is 0.381 e. The average molecular weight is 172 g/mol. The second-order valence-corrected chi connectivity index (χ2v) is 3.14. The number of hydrogen-bond donors (Lipinski definition) is 0. The van der Waals surface area contributed by atoms with Crippen molar-refractivity contribution in [2.45, 2.75) is 31.8 Å². The SMILES string of the molecule is CCCOC1(C=O)CCOCC1. The van der Waals surface area contributed by atoms with Crippen molar-refractivity contribution in [3.05, 3.63) is 0 Å². The summed E-state index contributed by atoms with van der Waals surface area (Å²) < 4.78 is 10.7. The highest BCUT2D eigenvalue weighted by Crippen LogP contribution is 2.22. The summed E-state index contributed by atoms with van der Waals surface area (Å²) in [6.07, 6.45) is 3.30. The van der Waals surface area contributed by atoms with Crippen LogP contribution in [0.4, 0.5) is 0 Å². The normalized spacial score (nSPS) is 22.1. The molecule has 0 aromatic rings. The number of hydrogen-bond acceptors (Lipinski definition) is 3. The molecule has 0 aromatic heterocycles. The van der Waals surface area contributed by atoms with Crippen molar-refractivity contribution in [3.63, 3.8) is 0 Å². The molecule has 0 unspecified atom stereocenters. The molecule has 3 nitrogen and oxygen atoms in total. The minimum Gasteiger partial charge on any atom is -0.381 e. The molecule has 0 bridgehead atoms. The lowest BCUT2D eigenvalue weighted by atomic mass is 9.96. The van der Waals surface area contributed by atoms with Crippen LogP contribution in [0.15, 0.2) is 0 Å². The molecule has 3 heteroatoms. The Morgan fingerprint density at radius 2 is 2.17 bits per heavy atom. The van der Waals surface area contributed by atoms with E-state index in [0.29, 0.717) is 32.7 Å². The minimum absolute atomic E-state index is 0.533. The number of ether oxygens (including phenoxy) is 2. The van der Waals surface area contributed by atoms with Crippen LogP contribution in [0.1, 0.15) is 26.2 Å². The standard InChI is InChI=1S/C9H16O3/c1-2-5-12-9(8-10)3-6-11-7-4-9/h8H,2-7H2,1H3. The van der Waals surface area contributed by atoms with E-state index >= 15 is 0 Å². The fourth-order valence-corrected chi connectivity index (χ4v) is 1.32. The van der Waals surface area contributed by atoms with Gasteiger partial charge in [0.1, 0.15) is 5.60 Å². The van der Waals surface area contributed by atoms with Crippen LogP contribution in [0.3, 0.4) is 0 Å². The van der Waals surface area contributed by atoms with Gasteiger partial charge in [0.25, 0.3) is 0 Å². The molecule has 0 saturated carbocycles. The quantitative estimate of drug-likeness (QED) is 0.597. The van der Waals surface area contributed by atoms with E-state index in [1.54, 1.807) is 0 Å². The Balaban J connectivity index is 2.42. The molecule has 0 radical (unpaired) electrons. The number of rotatable bonds is 4. The number of aldehydes is 1. The van der Waals surface area contributed by atoms with Crippen LogP contribution in [0.2, 0.25) is 0 Å². The van der Waals surface area contributed by atoms with Gasteiger partial charge in [0.05, 0.1) is 0 Å². The van der Waals surface area contributed by atoms with E-state index in [-0.39, 0.29) is 0 Å². The predicted octanol–water partition coefficient (Wildman–Crippen LogP) is 1.16. The minimum atomic E-state index is -0.533. The van der Waals surface area contributed by atoms with Gasteiger partial charge in [-0.25, -0.2) is 0 Å². The summed E-state index contributed by atoms with van der Waals surface area (Å²) in [5.74, 6) is 0. The monoisotopic (exact) mass is 172 g/mol. The average Bonchev–Trinajstić information content (AvgIpc) is 2.16. The zero-order valence-corrected chi connectivity index (χ0v) is 7.54. The van der Waals surface area contributed by atoms with Crippen molar-refractivity contribution in [3.8, 4) is 0 Å². The van der Waals surface area contributed by atoms with Gasteiger partial charge in [-0.2, -0.15) is 0 Å². The Morgan fingerprint density at radius 3 is 2.67 bits per heavy atom. The molecule has 1 rings (SSSR count). The lowest BCUT2D eigenvalue weighted by Crippen LogP contribution is -2.40. The van der Waals surface area contributed by atoms with Gasteiger partial charge in [0, 0.05) is 32.7 Å². The zero-order valence-electron chi connectivity index (χ0n) is 7.54. The Bertz CT molecular complexity index is 139. The molecule has 1 fully saturated rings. The van der Waals surface area contributed by atoms with Crippen molar-refractivity contribution in [2.24, 2.45) is 0 Å². The fourth-order valence-electron chi connectivity index (χ4n) is 1.32. The van der Waals surface area contributed by atoms with Gasteiger partial charge in [-0.1, -0.05) is 6.92 Å². The topological polar surface area (TPSA) is 35.5 Å². The Morgan fingerprint density at radius 1 is 1.50 bits per heavy atom. The van der Waals surface area contributed by atoms with Crippen LogP contribution in [0, 0.1) is 0 Å². The second kappa shape index (κ2) is 4.58. The van der Waals surface area contributed by atoms with Gasteiger partial charge in [0.2, 0.25) is 0 Å². The maximum absolute atomic E-state index is 10.8. The van der Waals surface area contributed by atoms with Crippen molar-refractivity contribution >= 4 is 6.29 Å². The van der Waals surface area contributed by atoms with Crippen LogP contribution < -0.4 is 0 Å². The maximum atomic E-state index is 10.8. The van der Waals surface area contributed by atoms with E-state index < -0.39 is 5.60 Å². The Hall–Kier alpha value is -0.410.